The number of ether oxygens (including phenoxy) is 1. The molecule has 1 aromatic carbocycles. The summed E-state index contributed by atoms with van der Waals surface area (Å²) in [5.74, 6) is -0.835. The van der Waals surface area contributed by atoms with E-state index in [4.69, 9.17) is 13.8 Å². The fraction of sp³-hybridized carbons (Fsp3) is 0.478. The van der Waals surface area contributed by atoms with Gasteiger partial charge in [0.25, 0.3) is 0 Å². The van der Waals surface area contributed by atoms with E-state index >= 15 is 0 Å². The SMILES string of the molecule is [2H]C([2H])([2H])N1CCN(C2=Nc3ccccc3N(C3OC(C(=O)O)C(O)C(O)C3O)c3sc(C)cc32)CC1. The number of carboxylic acids is 1. The molecule has 2 fully saturated rings. The van der Waals surface area contributed by atoms with Gasteiger partial charge in [-0.25, -0.2) is 9.79 Å². The number of thiophene rings is 1. The van der Waals surface area contributed by atoms with E-state index in [1.54, 1.807) is 29.2 Å². The first-order valence-electron chi connectivity index (χ1n) is 12.5. The Morgan fingerprint density at radius 1 is 1.15 bits per heavy atom. The molecule has 3 aliphatic heterocycles. The zero-order chi connectivity index (χ0) is 26.6. The summed E-state index contributed by atoms with van der Waals surface area (Å²) in [7, 11) is 0. The molecule has 11 heteroatoms. The van der Waals surface area contributed by atoms with Gasteiger partial charge in [-0.3, -0.25) is 0 Å². The monoisotopic (exact) mass is 491 g/mol. The summed E-state index contributed by atoms with van der Waals surface area (Å²) < 4.78 is 28.9. The molecule has 5 rings (SSSR count). The molecule has 2 saturated heterocycles. The van der Waals surface area contributed by atoms with Gasteiger partial charge in [-0.15, -0.1) is 11.3 Å². The second kappa shape index (κ2) is 8.91. The van der Waals surface area contributed by atoms with Gasteiger partial charge in [-0.2, -0.15) is 0 Å². The molecule has 10 nitrogen and oxygen atoms in total. The molecular formula is C23H28N4O6S. The first kappa shape index (κ1) is 19.7. The van der Waals surface area contributed by atoms with Gasteiger partial charge in [0.2, 0.25) is 0 Å². The van der Waals surface area contributed by atoms with Gasteiger partial charge in [-0.1, -0.05) is 12.1 Å². The van der Waals surface area contributed by atoms with Crippen LogP contribution < -0.4 is 4.90 Å². The second-order valence-corrected chi connectivity index (χ2v) is 9.84. The van der Waals surface area contributed by atoms with Crippen molar-refractivity contribution in [3.05, 3.63) is 40.8 Å². The summed E-state index contributed by atoms with van der Waals surface area (Å²) in [4.78, 5) is 22.8. The zero-order valence-corrected chi connectivity index (χ0v) is 19.2. The predicted molar refractivity (Wildman–Crippen MR) is 127 cm³/mol. The van der Waals surface area contributed by atoms with Crippen LogP contribution in [0, 0.1) is 6.92 Å². The molecule has 5 unspecified atom stereocenters. The van der Waals surface area contributed by atoms with Crippen LogP contribution in [0.3, 0.4) is 0 Å². The fourth-order valence-corrected chi connectivity index (χ4v) is 5.62. The average Bonchev–Trinajstić information content (AvgIpc) is 3.17. The van der Waals surface area contributed by atoms with Crippen LogP contribution in [0.4, 0.5) is 16.4 Å². The summed E-state index contributed by atoms with van der Waals surface area (Å²) in [6.45, 7) is 1.25. The molecule has 182 valence electrons. The van der Waals surface area contributed by atoms with E-state index in [2.05, 4.69) is 0 Å². The number of hydrogen-bond acceptors (Lipinski definition) is 10. The number of rotatable bonds is 2. The number of fused-ring (bicyclic) bond motifs is 2. The highest BCUT2D eigenvalue weighted by atomic mass is 32.1. The fourth-order valence-electron chi connectivity index (χ4n) is 4.58. The minimum absolute atomic E-state index is 0.328. The molecule has 34 heavy (non-hydrogen) atoms. The third kappa shape index (κ3) is 3.88. The maximum atomic E-state index is 11.8. The largest absolute Gasteiger partial charge is 0.479 e. The number of benzene rings is 1. The molecule has 0 spiro atoms. The zero-order valence-electron chi connectivity index (χ0n) is 21.4. The Hall–Kier alpha value is -2.54. The number of aliphatic hydroxyl groups is 3. The van der Waals surface area contributed by atoms with Crippen molar-refractivity contribution in [3.8, 4) is 0 Å². The number of anilines is 2. The first-order valence-corrected chi connectivity index (χ1v) is 11.8. The van der Waals surface area contributed by atoms with Crippen molar-refractivity contribution < 1.29 is 34.1 Å². The van der Waals surface area contributed by atoms with E-state index in [-0.39, 0.29) is 0 Å². The highest BCUT2D eigenvalue weighted by Gasteiger charge is 2.50. The third-order valence-corrected chi connectivity index (χ3v) is 7.38. The number of nitrogens with zero attached hydrogens (tertiary/aromatic N) is 4. The van der Waals surface area contributed by atoms with Gasteiger partial charge in [0.15, 0.2) is 12.3 Å². The number of aliphatic imine (C=N–C) groups is 1. The quantitative estimate of drug-likeness (QED) is 0.480. The van der Waals surface area contributed by atoms with Crippen molar-refractivity contribution in [2.75, 3.05) is 38.1 Å². The molecule has 4 heterocycles. The maximum Gasteiger partial charge on any atom is 0.335 e. The maximum absolute atomic E-state index is 11.8. The van der Waals surface area contributed by atoms with Crippen LogP contribution in [-0.4, -0.2) is 106 Å². The third-order valence-electron chi connectivity index (χ3n) is 6.33. The number of piperazine rings is 1. The molecule has 0 saturated carbocycles. The van der Waals surface area contributed by atoms with Crippen molar-refractivity contribution in [3.63, 3.8) is 0 Å². The number of amidine groups is 1. The number of aliphatic carboxylic acids is 1. The molecule has 0 amide bonds. The molecule has 5 atom stereocenters. The van der Waals surface area contributed by atoms with Crippen molar-refractivity contribution in [1.29, 1.82) is 0 Å². The van der Waals surface area contributed by atoms with Crippen molar-refractivity contribution in [2.45, 2.75) is 37.6 Å². The van der Waals surface area contributed by atoms with Gasteiger partial charge in [0.1, 0.15) is 29.1 Å². The van der Waals surface area contributed by atoms with Gasteiger partial charge in [-0.05, 0) is 32.1 Å². The lowest BCUT2D eigenvalue weighted by atomic mass is 9.97. The molecule has 4 N–H and O–H groups in total. The second-order valence-electron chi connectivity index (χ2n) is 8.60. The Bertz CT molecular complexity index is 1220. The predicted octanol–water partition coefficient (Wildman–Crippen LogP) is 0.726. The molecule has 3 aliphatic rings. The van der Waals surface area contributed by atoms with Crippen LogP contribution >= 0.6 is 11.3 Å². The smallest absolute Gasteiger partial charge is 0.335 e. The van der Waals surface area contributed by atoms with Crippen molar-refractivity contribution in [2.24, 2.45) is 4.99 Å². The Morgan fingerprint density at radius 3 is 2.59 bits per heavy atom. The number of aryl methyl sites for hydroxylation is 1. The number of carboxylic acid groups (broad SMARTS) is 1. The molecule has 0 aliphatic carbocycles. The Balaban J connectivity index is 1.59. The van der Waals surface area contributed by atoms with Crippen LogP contribution in [0.1, 0.15) is 14.6 Å². The number of para-hydroxylation sites is 2. The molecule has 0 radical (unpaired) electrons. The van der Waals surface area contributed by atoms with E-state index in [9.17, 15) is 25.2 Å². The van der Waals surface area contributed by atoms with Gasteiger partial charge < -0.3 is 39.9 Å². The minimum Gasteiger partial charge on any atom is -0.479 e. The minimum atomic E-state index is -2.18. The van der Waals surface area contributed by atoms with E-state index in [0.29, 0.717) is 54.0 Å². The van der Waals surface area contributed by atoms with Crippen molar-refractivity contribution in [1.82, 2.24) is 9.80 Å². The van der Waals surface area contributed by atoms with Crippen LogP contribution in [-0.2, 0) is 9.53 Å². The molecular weight excluding hydrogens is 460 g/mol. The molecule has 2 aromatic rings. The summed E-state index contributed by atoms with van der Waals surface area (Å²) in [5, 5.41) is 41.9. The van der Waals surface area contributed by atoms with Crippen LogP contribution in [0.5, 0.6) is 0 Å². The van der Waals surface area contributed by atoms with Gasteiger partial charge in [0, 0.05) is 35.2 Å². The molecule has 1 aromatic heterocycles. The average molecular weight is 492 g/mol. The number of aliphatic hydroxyl groups excluding tert-OH is 3. The topological polar surface area (TPSA) is 129 Å². The summed E-state index contributed by atoms with van der Waals surface area (Å²) in [6.07, 6.45) is -8.28. The van der Waals surface area contributed by atoms with E-state index < -0.39 is 43.6 Å². The summed E-state index contributed by atoms with van der Waals surface area (Å²) >= 11 is 1.39. The summed E-state index contributed by atoms with van der Waals surface area (Å²) in [6, 6.07) is 9.04. The lowest BCUT2D eigenvalue weighted by Crippen LogP contribution is -2.63. The summed E-state index contributed by atoms with van der Waals surface area (Å²) in [5.41, 5.74) is 1.77. The van der Waals surface area contributed by atoms with Crippen molar-refractivity contribution >= 4 is 39.5 Å². The van der Waals surface area contributed by atoms with Gasteiger partial charge in [0.05, 0.1) is 16.9 Å². The van der Waals surface area contributed by atoms with Crippen LogP contribution in [0.2, 0.25) is 0 Å². The lowest BCUT2D eigenvalue weighted by Gasteiger charge is -2.44. The Morgan fingerprint density at radius 2 is 1.88 bits per heavy atom. The Kier molecular flexibility index (Phi) is 5.17. The van der Waals surface area contributed by atoms with Gasteiger partial charge >= 0.3 is 5.97 Å². The first-order chi connectivity index (χ1) is 17.5. The highest BCUT2D eigenvalue weighted by Crippen LogP contribution is 2.47. The number of hydrogen-bond donors (Lipinski definition) is 4. The highest BCUT2D eigenvalue weighted by molar-refractivity contribution is 7.16. The lowest BCUT2D eigenvalue weighted by molar-refractivity contribution is -0.225. The van der Waals surface area contributed by atoms with E-state index in [1.807, 2.05) is 17.9 Å². The van der Waals surface area contributed by atoms with E-state index in [0.717, 1.165) is 4.88 Å². The number of likely N-dealkylation sites (N-methyl/N-ethyl adjacent to an activating group) is 1. The van der Waals surface area contributed by atoms with Crippen LogP contribution in [0.25, 0.3) is 0 Å². The van der Waals surface area contributed by atoms with Crippen LogP contribution in [0.15, 0.2) is 35.3 Å². The number of carbonyl (C=O) groups is 1. The normalized spacial score (nSPS) is 31.5. The Labute approximate surface area is 205 Å². The standard InChI is InChI=1S/C23H28N4O6S/c1-12-11-13-20(26-9-7-25(2)8-10-26)24-14-5-3-4-6-15(14)27(22(13)34-12)21-18(30)16(28)17(29)19(33-21)23(31)32/h3-6,11,16-19,21,28-30H,7-10H2,1-2H3,(H,31,32)/i2D3. The van der Waals surface area contributed by atoms with E-state index in [1.165, 1.54) is 16.2 Å². The molecule has 0 bridgehead atoms.